The van der Waals surface area contributed by atoms with Gasteiger partial charge >= 0.3 is 0 Å². The Morgan fingerprint density at radius 3 is 2.47 bits per heavy atom. The van der Waals surface area contributed by atoms with Crippen LogP contribution in [0.25, 0.3) is 10.9 Å². The third kappa shape index (κ3) is 1.55. The van der Waals surface area contributed by atoms with Gasteiger partial charge in [-0.05, 0) is 38.0 Å². The van der Waals surface area contributed by atoms with Gasteiger partial charge in [-0.25, -0.2) is 0 Å². The van der Waals surface area contributed by atoms with Gasteiger partial charge in [0.25, 0.3) is 0 Å². The molecule has 0 aliphatic rings. The number of hydrogen-bond acceptors (Lipinski definition) is 1. The molecule has 2 rings (SSSR count). The molecule has 0 saturated heterocycles. The second-order valence-electron chi connectivity index (χ2n) is 4.19. The SMILES string of the molecule is Cc1ccc(C)c2c1cc(C)n2CCN. The molecule has 0 bridgehead atoms. The molecule has 0 saturated carbocycles. The van der Waals surface area contributed by atoms with Crippen LogP contribution < -0.4 is 5.73 Å². The maximum Gasteiger partial charge on any atom is 0.0515 e. The quantitative estimate of drug-likeness (QED) is 0.797. The Kier molecular flexibility index (Phi) is 2.53. The van der Waals surface area contributed by atoms with Crippen LogP contribution in [0.4, 0.5) is 0 Å². The zero-order valence-electron chi connectivity index (χ0n) is 9.67. The highest BCUT2D eigenvalue weighted by atomic mass is 15.0. The smallest absolute Gasteiger partial charge is 0.0515 e. The molecule has 0 amide bonds. The first kappa shape index (κ1) is 10.2. The average Bonchev–Trinajstić information content (AvgIpc) is 2.53. The van der Waals surface area contributed by atoms with E-state index in [9.17, 15) is 0 Å². The molecule has 2 aromatic rings. The molecule has 1 heterocycles. The molecule has 2 heteroatoms. The Hall–Kier alpha value is -1.28. The van der Waals surface area contributed by atoms with Gasteiger partial charge in [0.1, 0.15) is 0 Å². The maximum atomic E-state index is 5.65. The predicted molar refractivity (Wildman–Crippen MR) is 65.2 cm³/mol. The number of nitrogens with two attached hydrogens (primary N) is 1. The van der Waals surface area contributed by atoms with E-state index in [0.717, 1.165) is 6.54 Å². The van der Waals surface area contributed by atoms with Gasteiger partial charge in [-0.15, -0.1) is 0 Å². The van der Waals surface area contributed by atoms with Crippen molar-refractivity contribution >= 4 is 10.9 Å². The van der Waals surface area contributed by atoms with Crippen molar-refractivity contribution in [3.05, 3.63) is 35.0 Å². The minimum absolute atomic E-state index is 0.692. The molecule has 0 unspecified atom stereocenters. The molecule has 0 atom stereocenters. The summed E-state index contributed by atoms with van der Waals surface area (Å²) in [4.78, 5) is 0. The van der Waals surface area contributed by atoms with E-state index in [4.69, 9.17) is 5.73 Å². The topological polar surface area (TPSA) is 30.9 Å². The number of benzene rings is 1. The van der Waals surface area contributed by atoms with Crippen LogP contribution in [0.15, 0.2) is 18.2 Å². The van der Waals surface area contributed by atoms with Gasteiger partial charge in [-0.3, -0.25) is 0 Å². The monoisotopic (exact) mass is 202 g/mol. The van der Waals surface area contributed by atoms with Crippen LogP contribution in [-0.4, -0.2) is 11.1 Å². The summed E-state index contributed by atoms with van der Waals surface area (Å²) in [5.74, 6) is 0. The number of fused-ring (bicyclic) bond motifs is 1. The van der Waals surface area contributed by atoms with Crippen LogP contribution in [0, 0.1) is 20.8 Å². The molecule has 2 nitrogen and oxygen atoms in total. The van der Waals surface area contributed by atoms with E-state index >= 15 is 0 Å². The zero-order chi connectivity index (χ0) is 11.0. The van der Waals surface area contributed by atoms with E-state index < -0.39 is 0 Å². The van der Waals surface area contributed by atoms with Crippen molar-refractivity contribution in [2.45, 2.75) is 27.3 Å². The number of rotatable bonds is 2. The van der Waals surface area contributed by atoms with Crippen LogP contribution >= 0.6 is 0 Å². The number of aromatic nitrogens is 1. The van der Waals surface area contributed by atoms with E-state index in [2.05, 4.69) is 43.5 Å². The van der Waals surface area contributed by atoms with Crippen molar-refractivity contribution in [2.24, 2.45) is 5.73 Å². The van der Waals surface area contributed by atoms with Gasteiger partial charge in [-0.1, -0.05) is 12.1 Å². The summed E-state index contributed by atoms with van der Waals surface area (Å²) in [6.07, 6.45) is 0. The minimum atomic E-state index is 0.692. The minimum Gasteiger partial charge on any atom is -0.343 e. The fourth-order valence-corrected chi connectivity index (χ4v) is 2.24. The van der Waals surface area contributed by atoms with Crippen molar-refractivity contribution < 1.29 is 0 Å². The van der Waals surface area contributed by atoms with Crippen LogP contribution in [-0.2, 0) is 6.54 Å². The van der Waals surface area contributed by atoms with Gasteiger partial charge in [0.2, 0.25) is 0 Å². The summed E-state index contributed by atoms with van der Waals surface area (Å²) in [7, 11) is 0. The van der Waals surface area contributed by atoms with E-state index in [1.54, 1.807) is 0 Å². The molecule has 1 aromatic heterocycles. The van der Waals surface area contributed by atoms with E-state index in [-0.39, 0.29) is 0 Å². The standard InChI is InChI=1S/C13H18N2/c1-9-4-5-10(2)13-12(9)8-11(3)15(13)7-6-14/h4-5,8H,6-7,14H2,1-3H3. The molecule has 0 spiro atoms. The summed E-state index contributed by atoms with van der Waals surface area (Å²) >= 11 is 0. The van der Waals surface area contributed by atoms with E-state index in [1.165, 1.54) is 27.7 Å². The first-order valence-electron chi connectivity index (χ1n) is 5.41. The maximum absolute atomic E-state index is 5.65. The van der Waals surface area contributed by atoms with Crippen molar-refractivity contribution in [1.82, 2.24) is 4.57 Å². The van der Waals surface area contributed by atoms with Gasteiger partial charge in [-0.2, -0.15) is 0 Å². The van der Waals surface area contributed by atoms with Gasteiger partial charge in [0, 0.05) is 24.2 Å². The summed E-state index contributed by atoms with van der Waals surface area (Å²) in [6.45, 7) is 8.06. The van der Waals surface area contributed by atoms with Gasteiger partial charge in [0.15, 0.2) is 0 Å². The highest BCUT2D eigenvalue weighted by molar-refractivity contribution is 5.87. The number of aryl methyl sites for hydroxylation is 3. The normalized spacial score (nSPS) is 11.2. The fraction of sp³-hybridized carbons (Fsp3) is 0.385. The lowest BCUT2D eigenvalue weighted by Gasteiger charge is -2.08. The molecular weight excluding hydrogens is 184 g/mol. The van der Waals surface area contributed by atoms with Crippen LogP contribution in [0.5, 0.6) is 0 Å². The summed E-state index contributed by atoms with van der Waals surface area (Å²) in [5.41, 5.74) is 11.0. The van der Waals surface area contributed by atoms with E-state index in [0.29, 0.717) is 6.54 Å². The molecule has 0 radical (unpaired) electrons. The Labute approximate surface area is 90.7 Å². The van der Waals surface area contributed by atoms with Crippen LogP contribution in [0.1, 0.15) is 16.8 Å². The molecule has 1 aromatic carbocycles. The second kappa shape index (κ2) is 3.70. The molecule has 80 valence electrons. The largest absolute Gasteiger partial charge is 0.343 e. The zero-order valence-corrected chi connectivity index (χ0v) is 9.67. The molecule has 2 N–H and O–H groups in total. The van der Waals surface area contributed by atoms with Crippen molar-refractivity contribution in [3.8, 4) is 0 Å². The Morgan fingerprint density at radius 1 is 1.13 bits per heavy atom. The summed E-state index contributed by atoms with van der Waals surface area (Å²) < 4.78 is 2.32. The highest BCUT2D eigenvalue weighted by Crippen LogP contribution is 2.25. The number of nitrogens with zero attached hydrogens (tertiary/aromatic N) is 1. The average molecular weight is 202 g/mol. The molecule has 15 heavy (non-hydrogen) atoms. The fourth-order valence-electron chi connectivity index (χ4n) is 2.24. The lowest BCUT2D eigenvalue weighted by molar-refractivity contribution is 0.714. The van der Waals surface area contributed by atoms with Crippen molar-refractivity contribution in [3.63, 3.8) is 0 Å². The first-order valence-corrected chi connectivity index (χ1v) is 5.41. The van der Waals surface area contributed by atoms with Gasteiger partial charge in [0.05, 0.1) is 5.52 Å². The Balaban J connectivity index is 2.79. The summed E-state index contributed by atoms with van der Waals surface area (Å²) in [6, 6.07) is 6.63. The molecular formula is C13H18N2. The lowest BCUT2D eigenvalue weighted by Crippen LogP contribution is -2.11. The molecule has 0 fully saturated rings. The molecule has 0 aliphatic carbocycles. The highest BCUT2D eigenvalue weighted by Gasteiger charge is 2.08. The third-order valence-corrected chi connectivity index (χ3v) is 3.04. The van der Waals surface area contributed by atoms with E-state index in [1.807, 2.05) is 0 Å². The third-order valence-electron chi connectivity index (χ3n) is 3.04. The van der Waals surface area contributed by atoms with Gasteiger partial charge < -0.3 is 10.3 Å². The van der Waals surface area contributed by atoms with Crippen LogP contribution in [0.3, 0.4) is 0 Å². The lowest BCUT2D eigenvalue weighted by atomic mass is 10.1. The Bertz CT molecular complexity index is 495. The molecule has 0 aliphatic heterocycles. The second-order valence-corrected chi connectivity index (χ2v) is 4.19. The van der Waals surface area contributed by atoms with Crippen molar-refractivity contribution in [2.75, 3.05) is 6.54 Å². The predicted octanol–water partition coefficient (Wildman–Crippen LogP) is 2.53. The Morgan fingerprint density at radius 2 is 1.80 bits per heavy atom. The number of hydrogen-bond donors (Lipinski definition) is 1. The summed E-state index contributed by atoms with van der Waals surface area (Å²) in [5, 5.41) is 1.36. The van der Waals surface area contributed by atoms with Crippen LogP contribution in [0.2, 0.25) is 0 Å². The first-order chi connectivity index (χ1) is 7.15. The van der Waals surface area contributed by atoms with Crippen molar-refractivity contribution in [1.29, 1.82) is 0 Å².